The van der Waals surface area contributed by atoms with E-state index in [4.69, 9.17) is 10.9 Å². The molecule has 0 heterocycles. The number of nitrogens with two attached hydrogens (primary N) is 2. The highest BCUT2D eigenvalue weighted by atomic mass is 32.2. The first-order chi connectivity index (χ1) is 9.15. The summed E-state index contributed by atoms with van der Waals surface area (Å²) < 4.78 is 47.4. The minimum atomic E-state index is -3.81. The van der Waals surface area contributed by atoms with Crippen LogP contribution in [0.3, 0.4) is 0 Å². The molecule has 0 amide bonds. The van der Waals surface area contributed by atoms with Gasteiger partial charge >= 0.3 is 0 Å². The van der Waals surface area contributed by atoms with E-state index >= 15 is 0 Å². The second-order valence-electron chi connectivity index (χ2n) is 4.04. The largest absolute Gasteiger partial charge is 0.397 e. The minimum Gasteiger partial charge on any atom is -0.397 e. The Kier molecular flexibility index (Phi) is 5.34. The number of hydrogen-bond donors (Lipinski definition) is 4. The van der Waals surface area contributed by atoms with Crippen molar-refractivity contribution >= 4 is 31.4 Å². The molecule has 114 valence electrons. The molecule has 0 fully saturated rings. The summed E-state index contributed by atoms with van der Waals surface area (Å²) in [7, 11) is -7.12. The van der Waals surface area contributed by atoms with Crippen molar-refractivity contribution in [3.8, 4) is 0 Å². The number of primary sulfonamides is 1. The van der Waals surface area contributed by atoms with Crippen LogP contribution in [0.2, 0.25) is 0 Å². The highest BCUT2D eigenvalue weighted by Crippen LogP contribution is 2.21. The zero-order valence-corrected chi connectivity index (χ0v) is 12.6. The van der Waals surface area contributed by atoms with Crippen molar-refractivity contribution < 1.29 is 16.8 Å². The van der Waals surface area contributed by atoms with Crippen LogP contribution in [0.1, 0.15) is 6.92 Å². The van der Waals surface area contributed by atoms with Crippen LogP contribution in [0.25, 0.3) is 0 Å². The minimum absolute atomic E-state index is 0.0965. The van der Waals surface area contributed by atoms with Gasteiger partial charge in [-0.25, -0.2) is 26.7 Å². The Hall–Kier alpha value is -1.36. The summed E-state index contributed by atoms with van der Waals surface area (Å²) in [5, 5.41) is 7.80. The molecule has 0 unspecified atom stereocenters. The van der Waals surface area contributed by atoms with Gasteiger partial charge in [0.2, 0.25) is 20.0 Å². The number of nitrogens with one attached hydrogen (secondary N) is 2. The maximum Gasteiger partial charge on any atom is 0.238 e. The number of hydrogen-bond acceptors (Lipinski definition) is 6. The number of sulfonamides is 2. The van der Waals surface area contributed by atoms with E-state index in [0.29, 0.717) is 12.2 Å². The predicted molar refractivity (Wildman–Crippen MR) is 78.2 cm³/mol. The highest BCUT2D eigenvalue weighted by Gasteiger charge is 2.11. The summed E-state index contributed by atoms with van der Waals surface area (Å²) in [6, 6.07) is 3.96. The Bertz CT molecular complexity index is 670. The van der Waals surface area contributed by atoms with Gasteiger partial charge in [0.1, 0.15) is 0 Å². The molecular weight excluding hydrogens is 304 g/mol. The van der Waals surface area contributed by atoms with Gasteiger partial charge in [0, 0.05) is 13.1 Å². The molecule has 10 heteroatoms. The lowest BCUT2D eigenvalue weighted by Gasteiger charge is -2.10. The standard InChI is InChI=1S/C10H18N4O4S2/c1-2-14-19(15,16)6-5-13-10-4-3-8(7-9(10)11)20(12,17)18/h3-4,7,13-14H,2,5-6,11H2,1H3,(H2,12,17,18). The zero-order chi connectivity index (χ0) is 15.4. The summed E-state index contributed by atoms with van der Waals surface area (Å²) in [4.78, 5) is -0.0965. The van der Waals surface area contributed by atoms with Crippen LogP contribution in [0.4, 0.5) is 11.4 Å². The molecule has 1 aromatic rings. The maximum atomic E-state index is 11.4. The van der Waals surface area contributed by atoms with Crippen molar-refractivity contribution in [2.24, 2.45) is 5.14 Å². The van der Waals surface area contributed by atoms with E-state index in [1.54, 1.807) is 6.92 Å². The van der Waals surface area contributed by atoms with E-state index in [0.717, 1.165) is 0 Å². The highest BCUT2D eigenvalue weighted by molar-refractivity contribution is 7.89. The molecule has 1 rings (SSSR count). The van der Waals surface area contributed by atoms with Crippen LogP contribution in [-0.2, 0) is 20.0 Å². The van der Waals surface area contributed by atoms with Gasteiger partial charge in [-0.05, 0) is 18.2 Å². The van der Waals surface area contributed by atoms with Crippen molar-refractivity contribution in [3.05, 3.63) is 18.2 Å². The van der Waals surface area contributed by atoms with E-state index in [-0.39, 0.29) is 22.9 Å². The van der Waals surface area contributed by atoms with Gasteiger partial charge in [0.25, 0.3) is 0 Å². The van der Waals surface area contributed by atoms with Crippen molar-refractivity contribution in [2.75, 3.05) is 29.9 Å². The van der Waals surface area contributed by atoms with Gasteiger partial charge in [-0.2, -0.15) is 0 Å². The third-order valence-corrected chi connectivity index (χ3v) is 4.78. The summed E-state index contributed by atoms with van der Waals surface area (Å²) >= 11 is 0. The quantitative estimate of drug-likeness (QED) is 0.487. The van der Waals surface area contributed by atoms with E-state index in [2.05, 4.69) is 10.0 Å². The molecule has 0 aromatic heterocycles. The number of benzene rings is 1. The van der Waals surface area contributed by atoms with E-state index in [1.165, 1.54) is 18.2 Å². The number of nitrogen functional groups attached to an aromatic ring is 1. The van der Waals surface area contributed by atoms with E-state index in [1.807, 2.05) is 0 Å². The van der Waals surface area contributed by atoms with Crippen molar-refractivity contribution in [1.82, 2.24) is 4.72 Å². The Morgan fingerprint density at radius 1 is 1.20 bits per heavy atom. The lowest BCUT2D eigenvalue weighted by molar-refractivity contribution is 0.584. The van der Waals surface area contributed by atoms with Crippen molar-refractivity contribution in [3.63, 3.8) is 0 Å². The van der Waals surface area contributed by atoms with Gasteiger partial charge in [-0.3, -0.25) is 0 Å². The Morgan fingerprint density at radius 2 is 1.85 bits per heavy atom. The average molecular weight is 322 g/mol. The van der Waals surface area contributed by atoms with Crippen LogP contribution in [0.15, 0.2) is 23.1 Å². The fourth-order valence-electron chi connectivity index (χ4n) is 1.49. The van der Waals surface area contributed by atoms with Gasteiger partial charge in [-0.15, -0.1) is 0 Å². The molecule has 0 bridgehead atoms. The molecule has 20 heavy (non-hydrogen) atoms. The smallest absolute Gasteiger partial charge is 0.238 e. The normalized spacial score (nSPS) is 12.3. The Labute approximate surface area is 118 Å². The molecule has 1 aromatic carbocycles. The fourth-order valence-corrected chi connectivity index (χ4v) is 2.99. The summed E-state index contributed by atoms with van der Waals surface area (Å²) in [5.74, 6) is -0.114. The third-order valence-electron chi connectivity index (χ3n) is 2.40. The summed E-state index contributed by atoms with van der Waals surface area (Å²) in [5.41, 5.74) is 6.31. The molecule has 0 atom stereocenters. The first kappa shape index (κ1) is 16.7. The van der Waals surface area contributed by atoms with Gasteiger partial charge in [-0.1, -0.05) is 6.92 Å². The van der Waals surface area contributed by atoms with Crippen molar-refractivity contribution in [2.45, 2.75) is 11.8 Å². The second kappa shape index (κ2) is 6.39. The second-order valence-corrected chi connectivity index (χ2v) is 7.53. The summed E-state index contributed by atoms with van der Waals surface area (Å²) in [6.07, 6.45) is 0. The Balaban J connectivity index is 2.71. The lowest BCUT2D eigenvalue weighted by atomic mass is 10.2. The molecule has 8 nitrogen and oxygen atoms in total. The first-order valence-electron chi connectivity index (χ1n) is 5.79. The van der Waals surface area contributed by atoms with Crippen LogP contribution in [-0.4, -0.2) is 35.7 Å². The molecule has 0 spiro atoms. The zero-order valence-electron chi connectivity index (χ0n) is 11.0. The van der Waals surface area contributed by atoms with Crippen molar-refractivity contribution in [1.29, 1.82) is 0 Å². The maximum absolute atomic E-state index is 11.4. The van der Waals surface area contributed by atoms with Crippen LogP contribution < -0.4 is 20.9 Å². The molecular formula is C10H18N4O4S2. The monoisotopic (exact) mass is 322 g/mol. The SMILES string of the molecule is CCNS(=O)(=O)CCNc1ccc(S(N)(=O)=O)cc1N. The third kappa shape index (κ3) is 4.96. The number of anilines is 2. The van der Waals surface area contributed by atoms with E-state index < -0.39 is 20.0 Å². The molecule has 0 saturated heterocycles. The van der Waals surface area contributed by atoms with Crippen LogP contribution in [0, 0.1) is 0 Å². The van der Waals surface area contributed by atoms with Crippen LogP contribution >= 0.6 is 0 Å². The molecule has 0 aliphatic rings. The lowest BCUT2D eigenvalue weighted by Crippen LogP contribution is -2.29. The molecule has 0 aliphatic heterocycles. The van der Waals surface area contributed by atoms with Gasteiger partial charge < -0.3 is 11.1 Å². The average Bonchev–Trinajstić information content (AvgIpc) is 2.29. The molecule has 6 N–H and O–H groups in total. The fraction of sp³-hybridized carbons (Fsp3) is 0.400. The predicted octanol–water partition coefficient (Wildman–Crippen LogP) is -0.733. The molecule has 0 saturated carbocycles. The van der Waals surface area contributed by atoms with Gasteiger partial charge in [0.15, 0.2) is 0 Å². The van der Waals surface area contributed by atoms with E-state index in [9.17, 15) is 16.8 Å². The molecule has 0 radical (unpaired) electrons. The Morgan fingerprint density at radius 3 is 2.35 bits per heavy atom. The topological polar surface area (TPSA) is 144 Å². The number of rotatable bonds is 7. The first-order valence-corrected chi connectivity index (χ1v) is 8.99. The summed E-state index contributed by atoms with van der Waals surface area (Å²) in [6.45, 7) is 2.16. The van der Waals surface area contributed by atoms with Crippen LogP contribution in [0.5, 0.6) is 0 Å². The van der Waals surface area contributed by atoms with Gasteiger partial charge in [0.05, 0.1) is 22.0 Å². The molecule has 0 aliphatic carbocycles.